The normalized spacial score (nSPS) is 20.8. The number of hydrogen-bond acceptors (Lipinski definition) is 6. The zero-order valence-corrected chi connectivity index (χ0v) is 18.0. The monoisotopic (exact) mass is 472 g/mol. The number of fused-ring (bicyclic) bond motifs is 1. The van der Waals surface area contributed by atoms with E-state index in [-0.39, 0.29) is 25.1 Å². The number of benzene rings is 1. The van der Waals surface area contributed by atoms with E-state index in [4.69, 9.17) is 4.18 Å². The molecule has 2 atom stereocenters. The van der Waals surface area contributed by atoms with Gasteiger partial charge in [0, 0.05) is 18.5 Å². The molecule has 0 bridgehead atoms. The summed E-state index contributed by atoms with van der Waals surface area (Å²) in [5.41, 5.74) is -1.64. The van der Waals surface area contributed by atoms with E-state index in [1.54, 1.807) is 17.0 Å². The first kappa shape index (κ1) is 22.5. The van der Waals surface area contributed by atoms with Gasteiger partial charge in [0.05, 0.1) is 30.3 Å². The summed E-state index contributed by atoms with van der Waals surface area (Å²) in [7, 11) is -3.82. The fourth-order valence-corrected chi connectivity index (χ4v) is 4.45. The molecule has 32 heavy (non-hydrogen) atoms. The Hall–Kier alpha value is -2.73. The molecule has 4 rings (SSSR count). The number of hydrogen-bond donors (Lipinski definition) is 0. The summed E-state index contributed by atoms with van der Waals surface area (Å²) in [6.07, 6.45) is -3.34. The van der Waals surface area contributed by atoms with Crippen LogP contribution in [0.15, 0.2) is 42.6 Å². The van der Waals surface area contributed by atoms with Gasteiger partial charge < -0.3 is 4.90 Å². The van der Waals surface area contributed by atoms with Crippen molar-refractivity contribution in [1.29, 1.82) is 0 Å². The molecule has 1 fully saturated rings. The topological polar surface area (TPSA) is 76.8 Å². The minimum atomic E-state index is -4.49. The third-order valence-corrected chi connectivity index (χ3v) is 6.09. The van der Waals surface area contributed by atoms with Gasteiger partial charge in [-0.25, -0.2) is 13.9 Å². The van der Waals surface area contributed by atoms with Crippen LogP contribution in [0.3, 0.4) is 0 Å². The highest BCUT2D eigenvalue weighted by atomic mass is 32.2. The van der Waals surface area contributed by atoms with Crippen LogP contribution in [0, 0.1) is 0 Å². The second-order valence-corrected chi connectivity index (χ2v) is 9.43. The van der Waals surface area contributed by atoms with Crippen molar-refractivity contribution in [3.63, 3.8) is 0 Å². The molecule has 7 nitrogen and oxygen atoms in total. The van der Waals surface area contributed by atoms with Gasteiger partial charge in [-0.2, -0.15) is 21.6 Å². The van der Waals surface area contributed by atoms with Crippen LogP contribution in [-0.2, 0) is 20.5 Å². The largest absolute Gasteiger partial charge is 0.416 e. The van der Waals surface area contributed by atoms with Gasteiger partial charge in [0.25, 0.3) is 10.1 Å². The van der Waals surface area contributed by atoms with Crippen LogP contribution >= 0.6 is 0 Å². The minimum Gasteiger partial charge on any atom is -0.352 e. The Kier molecular flexibility index (Phi) is 5.40. The second-order valence-electron chi connectivity index (χ2n) is 7.83. The first-order chi connectivity index (χ1) is 14.9. The number of nitrogens with zero attached hydrogens (tertiary/aromatic N) is 4. The smallest absolute Gasteiger partial charge is 0.352 e. The van der Waals surface area contributed by atoms with Crippen molar-refractivity contribution in [2.45, 2.75) is 31.3 Å². The molecule has 1 aliphatic heterocycles. The summed E-state index contributed by atoms with van der Waals surface area (Å²) in [6.45, 7) is 1.48. The van der Waals surface area contributed by atoms with Gasteiger partial charge in [0.2, 0.25) is 0 Å². The maximum Gasteiger partial charge on any atom is 0.416 e. The van der Waals surface area contributed by atoms with Crippen molar-refractivity contribution >= 4 is 21.6 Å². The zero-order valence-electron chi connectivity index (χ0n) is 17.2. The average molecular weight is 472 g/mol. The van der Waals surface area contributed by atoms with Gasteiger partial charge in [-0.15, -0.1) is 5.10 Å². The van der Waals surface area contributed by atoms with Crippen LogP contribution in [0.25, 0.3) is 16.9 Å². The summed E-state index contributed by atoms with van der Waals surface area (Å²) in [5.74, 6) is 0.384. The zero-order chi connectivity index (χ0) is 23.3. The Labute approximate surface area is 181 Å². The molecule has 1 saturated heterocycles. The summed E-state index contributed by atoms with van der Waals surface area (Å²) < 4.78 is 83.6. The number of imidazole rings is 1. The third kappa shape index (κ3) is 4.42. The average Bonchev–Trinajstić information content (AvgIpc) is 3.30. The van der Waals surface area contributed by atoms with E-state index < -0.39 is 33.6 Å². The maximum atomic E-state index is 15.3. The van der Waals surface area contributed by atoms with Gasteiger partial charge in [0.1, 0.15) is 11.9 Å². The number of alkyl halides is 4. The molecular formula is C20H20F4N4O3S. The molecule has 1 aromatic carbocycles. The van der Waals surface area contributed by atoms with Crippen LogP contribution < -0.4 is 4.90 Å². The highest BCUT2D eigenvalue weighted by Gasteiger charge is 2.45. The lowest BCUT2D eigenvalue weighted by atomic mass is 10.00. The number of anilines is 1. The molecule has 3 aromatic rings. The van der Waals surface area contributed by atoms with E-state index in [9.17, 15) is 21.6 Å². The number of halogens is 4. The Balaban J connectivity index is 1.64. The Morgan fingerprint density at radius 1 is 1.22 bits per heavy atom. The van der Waals surface area contributed by atoms with E-state index in [2.05, 4.69) is 10.1 Å². The Morgan fingerprint density at radius 3 is 2.66 bits per heavy atom. The third-order valence-electron chi connectivity index (χ3n) is 5.46. The van der Waals surface area contributed by atoms with Gasteiger partial charge in [-0.1, -0.05) is 12.1 Å². The lowest BCUT2D eigenvalue weighted by Gasteiger charge is -2.26. The first-order valence-corrected chi connectivity index (χ1v) is 11.5. The van der Waals surface area contributed by atoms with Gasteiger partial charge in [0.15, 0.2) is 11.3 Å². The summed E-state index contributed by atoms with van der Waals surface area (Å²) in [6, 6.07) is 8.10. The van der Waals surface area contributed by atoms with Crippen molar-refractivity contribution < 1.29 is 30.2 Å². The summed E-state index contributed by atoms with van der Waals surface area (Å²) >= 11 is 0. The quantitative estimate of drug-likeness (QED) is 0.416. The lowest BCUT2D eigenvalue weighted by Crippen LogP contribution is -2.41. The molecule has 2 aromatic heterocycles. The highest BCUT2D eigenvalue weighted by molar-refractivity contribution is 7.86. The maximum absolute atomic E-state index is 15.3. The van der Waals surface area contributed by atoms with Crippen molar-refractivity contribution in [1.82, 2.24) is 14.6 Å². The fraction of sp³-hybridized carbons (Fsp3) is 0.400. The fourth-order valence-electron chi connectivity index (χ4n) is 3.76. The SMILES string of the molecule is CC(OS(C)(=O)=O)C1(F)CCN(c2ccc3ncc(-c4cccc(C(F)(F)F)c4)n3n2)C1. The minimum absolute atomic E-state index is 0.0355. The molecule has 1 aliphatic rings. The Bertz CT molecular complexity index is 1260. The van der Waals surface area contributed by atoms with Gasteiger partial charge in [-0.3, -0.25) is 4.18 Å². The van der Waals surface area contributed by atoms with Crippen LogP contribution in [0.1, 0.15) is 18.9 Å². The standard InChI is InChI=1S/C20H20F4N4O3S/c1-13(31-32(2,29)30)19(21)8-9-27(12-19)18-7-6-17-25-11-16(28(17)26-18)14-4-3-5-15(10-14)20(22,23)24/h3-7,10-11,13H,8-9,12H2,1-2H3. The number of rotatable bonds is 5. The molecule has 12 heteroatoms. The van der Waals surface area contributed by atoms with Crippen LogP contribution in [0.5, 0.6) is 0 Å². The number of aromatic nitrogens is 3. The molecule has 3 heterocycles. The Morgan fingerprint density at radius 2 is 1.97 bits per heavy atom. The predicted octanol–water partition coefficient (Wildman–Crippen LogP) is 3.70. The molecule has 172 valence electrons. The van der Waals surface area contributed by atoms with Gasteiger partial charge >= 0.3 is 6.18 Å². The van der Waals surface area contributed by atoms with E-state index in [0.717, 1.165) is 18.4 Å². The van der Waals surface area contributed by atoms with Crippen molar-refractivity contribution in [2.24, 2.45) is 0 Å². The molecular weight excluding hydrogens is 452 g/mol. The molecule has 0 amide bonds. The molecule has 0 radical (unpaired) electrons. The highest BCUT2D eigenvalue weighted by Crippen LogP contribution is 2.35. The van der Waals surface area contributed by atoms with E-state index in [1.165, 1.54) is 29.8 Å². The summed E-state index contributed by atoms with van der Waals surface area (Å²) in [5, 5.41) is 4.46. The van der Waals surface area contributed by atoms with E-state index in [0.29, 0.717) is 17.2 Å². The van der Waals surface area contributed by atoms with Crippen molar-refractivity contribution in [3.8, 4) is 11.3 Å². The van der Waals surface area contributed by atoms with Crippen molar-refractivity contribution in [2.75, 3.05) is 24.2 Å². The van der Waals surface area contributed by atoms with E-state index in [1.807, 2.05) is 0 Å². The lowest BCUT2D eigenvalue weighted by molar-refractivity contribution is -0.137. The van der Waals surface area contributed by atoms with E-state index >= 15 is 4.39 Å². The molecule has 2 unspecified atom stereocenters. The molecule has 0 saturated carbocycles. The molecule has 0 aliphatic carbocycles. The predicted molar refractivity (Wildman–Crippen MR) is 109 cm³/mol. The van der Waals surface area contributed by atoms with Crippen molar-refractivity contribution in [3.05, 3.63) is 48.2 Å². The van der Waals surface area contributed by atoms with Gasteiger partial charge in [-0.05, 0) is 31.2 Å². The second kappa shape index (κ2) is 7.69. The van der Waals surface area contributed by atoms with Crippen LogP contribution in [0.2, 0.25) is 0 Å². The summed E-state index contributed by atoms with van der Waals surface area (Å²) in [4.78, 5) is 5.83. The van der Waals surface area contributed by atoms with Crippen LogP contribution in [-0.4, -0.2) is 54.1 Å². The molecule has 0 N–H and O–H groups in total. The first-order valence-electron chi connectivity index (χ1n) is 9.70. The van der Waals surface area contributed by atoms with Crippen LogP contribution in [0.4, 0.5) is 23.4 Å². The molecule has 0 spiro atoms.